The second-order valence-electron chi connectivity index (χ2n) is 4.45. The molecule has 0 aliphatic rings. The Balaban J connectivity index is 2.29. The summed E-state index contributed by atoms with van der Waals surface area (Å²) in [6.07, 6.45) is 1.59. The molecule has 2 N–H and O–H groups in total. The molecule has 2 aromatic rings. The third kappa shape index (κ3) is 2.62. The molecule has 7 nitrogen and oxygen atoms in total. The maximum Gasteiger partial charge on any atom is 0.244 e. The van der Waals surface area contributed by atoms with Crippen molar-refractivity contribution in [2.45, 2.75) is 31.9 Å². The second kappa shape index (κ2) is 5.39. The molecular weight excluding hydrogens is 282 g/mol. The van der Waals surface area contributed by atoms with Gasteiger partial charge in [-0.05, 0) is 19.9 Å². The molecule has 2 aromatic heterocycles. The van der Waals surface area contributed by atoms with E-state index in [9.17, 15) is 13.5 Å². The maximum absolute atomic E-state index is 12.3. The van der Waals surface area contributed by atoms with Gasteiger partial charge in [-0.15, -0.1) is 0 Å². The van der Waals surface area contributed by atoms with Crippen LogP contribution in [0.4, 0.5) is 0 Å². The quantitative estimate of drug-likeness (QED) is 0.842. The first kappa shape index (κ1) is 14.8. The van der Waals surface area contributed by atoms with Crippen LogP contribution in [0.1, 0.15) is 22.8 Å². The molecule has 0 aliphatic heterocycles. The molecule has 0 saturated heterocycles. The van der Waals surface area contributed by atoms with Crippen molar-refractivity contribution in [1.82, 2.24) is 14.5 Å². The topological polar surface area (TPSA) is 97.4 Å². The first-order chi connectivity index (χ1) is 9.36. The third-order valence-corrected chi connectivity index (χ3v) is 4.71. The summed E-state index contributed by atoms with van der Waals surface area (Å²) in [5.41, 5.74) is 1.02. The number of nitrogens with zero attached hydrogens (tertiary/aromatic N) is 2. The smallest absolute Gasteiger partial charge is 0.244 e. The van der Waals surface area contributed by atoms with E-state index < -0.39 is 10.0 Å². The van der Waals surface area contributed by atoms with Gasteiger partial charge in [0.05, 0.1) is 18.8 Å². The fourth-order valence-electron chi connectivity index (χ4n) is 2.06. The predicted octanol–water partition coefficient (Wildman–Crippen LogP) is 0.601. The lowest BCUT2D eigenvalue weighted by Gasteiger charge is -2.07. The zero-order valence-corrected chi connectivity index (χ0v) is 12.4. The summed E-state index contributed by atoms with van der Waals surface area (Å²) in [5, 5.41) is 13.3. The van der Waals surface area contributed by atoms with Crippen LogP contribution in [0.2, 0.25) is 0 Å². The lowest BCUT2D eigenvalue weighted by molar-refractivity contribution is 0.276. The predicted molar refractivity (Wildman–Crippen MR) is 71.3 cm³/mol. The van der Waals surface area contributed by atoms with Crippen molar-refractivity contribution in [3.8, 4) is 0 Å². The van der Waals surface area contributed by atoms with Gasteiger partial charge in [0.1, 0.15) is 16.4 Å². The molecule has 2 heterocycles. The molecule has 0 atom stereocenters. The van der Waals surface area contributed by atoms with Gasteiger partial charge in [-0.1, -0.05) is 0 Å². The van der Waals surface area contributed by atoms with Crippen LogP contribution in [0.25, 0.3) is 0 Å². The summed E-state index contributed by atoms with van der Waals surface area (Å²) in [4.78, 5) is 0.0136. The van der Waals surface area contributed by atoms with Crippen molar-refractivity contribution in [2.24, 2.45) is 7.05 Å². The van der Waals surface area contributed by atoms with Crippen LogP contribution in [0.15, 0.2) is 21.6 Å². The van der Waals surface area contributed by atoms with Crippen LogP contribution in [-0.2, 0) is 30.2 Å². The molecule has 0 spiro atoms. The molecule has 0 radical (unpaired) electrons. The van der Waals surface area contributed by atoms with Gasteiger partial charge >= 0.3 is 0 Å². The third-order valence-electron chi connectivity index (χ3n) is 3.12. The molecular formula is C12H17N3O4S. The van der Waals surface area contributed by atoms with Crippen molar-refractivity contribution in [3.05, 3.63) is 35.0 Å². The summed E-state index contributed by atoms with van der Waals surface area (Å²) in [6.45, 7) is 2.92. The molecule has 20 heavy (non-hydrogen) atoms. The van der Waals surface area contributed by atoms with E-state index in [0.29, 0.717) is 11.3 Å². The van der Waals surface area contributed by atoms with Crippen LogP contribution in [0.3, 0.4) is 0 Å². The molecule has 0 bridgehead atoms. The average molecular weight is 299 g/mol. The van der Waals surface area contributed by atoms with Gasteiger partial charge in [-0.2, -0.15) is 5.10 Å². The van der Waals surface area contributed by atoms with E-state index in [1.165, 1.54) is 0 Å². The highest BCUT2D eigenvalue weighted by Crippen LogP contribution is 2.26. The number of aryl methyl sites for hydroxylation is 3. The minimum absolute atomic E-state index is 0.0136. The number of furan rings is 1. The Labute approximate surface area is 117 Å². The molecule has 0 aromatic carbocycles. The molecule has 0 amide bonds. The van der Waals surface area contributed by atoms with Crippen LogP contribution in [0.5, 0.6) is 0 Å². The van der Waals surface area contributed by atoms with Gasteiger partial charge < -0.3 is 9.52 Å². The minimum Gasteiger partial charge on any atom is -0.465 e. The molecule has 0 fully saturated rings. The van der Waals surface area contributed by atoms with Crippen molar-refractivity contribution >= 4 is 10.0 Å². The van der Waals surface area contributed by atoms with E-state index in [4.69, 9.17) is 4.42 Å². The van der Waals surface area contributed by atoms with Gasteiger partial charge in [0.25, 0.3) is 0 Å². The van der Waals surface area contributed by atoms with E-state index in [1.54, 1.807) is 37.8 Å². The minimum atomic E-state index is -3.75. The molecule has 2 rings (SSSR count). The van der Waals surface area contributed by atoms with E-state index in [-0.39, 0.29) is 23.8 Å². The summed E-state index contributed by atoms with van der Waals surface area (Å²) in [7, 11) is -2.02. The Bertz CT molecular complexity index is 715. The molecule has 0 saturated carbocycles. The van der Waals surface area contributed by atoms with Crippen LogP contribution < -0.4 is 4.72 Å². The fourth-order valence-corrected chi connectivity index (χ4v) is 3.50. The summed E-state index contributed by atoms with van der Waals surface area (Å²) >= 11 is 0. The van der Waals surface area contributed by atoms with E-state index in [0.717, 1.165) is 5.69 Å². The lowest BCUT2D eigenvalue weighted by Crippen LogP contribution is -2.25. The first-order valence-corrected chi connectivity index (χ1v) is 7.51. The summed E-state index contributed by atoms with van der Waals surface area (Å²) in [5.74, 6) is 0.676. The SMILES string of the molecule is Cc1oc(C)c(S(=O)(=O)NCc2ccnn2C)c1CO. The highest BCUT2D eigenvalue weighted by atomic mass is 32.2. The van der Waals surface area contributed by atoms with Gasteiger partial charge in [-0.3, -0.25) is 4.68 Å². The molecule has 8 heteroatoms. The number of rotatable bonds is 5. The van der Waals surface area contributed by atoms with Gasteiger partial charge in [0, 0.05) is 18.8 Å². The van der Waals surface area contributed by atoms with E-state index in [2.05, 4.69) is 9.82 Å². The van der Waals surface area contributed by atoms with Crippen molar-refractivity contribution < 1.29 is 17.9 Å². The number of sulfonamides is 1. The Morgan fingerprint density at radius 1 is 1.40 bits per heavy atom. The highest BCUT2D eigenvalue weighted by molar-refractivity contribution is 7.89. The van der Waals surface area contributed by atoms with E-state index >= 15 is 0 Å². The van der Waals surface area contributed by atoms with Gasteiger partial charge in [0.2, 0.25) is 10.0 Å². The number of hydrogen-bond acceptors (Lipinski definition) is 5. The molecule has 0 unspecified atom stereocenters. The second-order valence-corrected chi connectivity index (χ2v) is 6.15. The van der Waals surface area contributed by atoms with Crippen LogP contribution in [-0.4, -0.2) is 23.3 Å². The monoisotopic (exact) mass is 299 g/mol. The number of aliphatic hydroxyl groups is 1. The largest absolute Gasteiger partial charge is 0.465 e. The zero-order valence-electron chi connectivity index (χ0n) is 11.5. The highest BCUT2D eigenvalue weighted by Gasteiger charge is 2.26. The maximum atomic E-state index is 12.3. The normalized spacial score (nSPS) is 12.0. The lowest BCUT2D eigenvalue weighted by atomic mass is 10.2. The standard InChI is InChI=1S/C12H17N3O4S/c1-8-11(7-16)12(9(2)19-8)20(17,18)14-6-10-4-5-13-15(10)3/h4-5,14,16H,6-7H2,1-3H3. The molecule has 110 valence electrons. The van der Waals surface area contributed by atoms with Crippen LogP contribution in [0, 0.1) is 13.8 Å². The van der Waals surface area contributed by atoms with Crippen molar-refractivity contribution in [3.63, 3.8) is 0 Å². The Hall–Kier alpha value is -1.64. The Morgan fingerprint density at radius 3 is 2.65 bits per heavy atom. The summed E-state index contributed by atoms with van der Waals surface area (Å²) in [6, 6.07) is 1.73. The van der Waals surface area contributed by atoms with Gasteiger partial charge in [0.15, 0.2) is 0 Å². The number of hydrogen-bond donors (Lipinski definition) is 2. The average Bonchev–Trinajstić information content (AvgIpc) is 2.90. The Kier molecular flexibility index (Phi) is 3.98. The zero-order chi connectivity index (χ0) is 14.9. The number of nitrogens with one attached hydrogen (secondary N) is 1. The fraction of sp³-hybridized carbons (Fsp3) is 0.417. The van der Waals surface area contributed by atoms with Crippen molar-refractivity contribution in [1.29, 1.82) is 0 Å². The molecule has 0 aliphatic carbocycles. The van der Waals surface area contributed by atoms with Gasteiger partial charge in [-0.25, -0.2) is 13.1 Å². The van der Waals surface area contributed by atoms with Crippen molar-refractivity contribution in [2.75, 3.05) is 0 Å². The van der Waals surface area contributed by atoms with E-state index in [1.807, 2.05) is 0 Å². The number of aromatic nitrogens is 2. The van der Waals surface area contributed by atoms with Crippen LogP contribution >= 0.6 is 0 Å². The number of aliphatic hydroxyl groups excluding tert-OH is 1. The first-order valence-electron chi connectivity index (χ1n) is 6.03. The summed E-state index contributed by atoms with van der Waals surface area (Å²) < 4.78 is 34.0. The Morgan fingerprint density at radius 2 is 2.10 bits per heavy atom.